The van der Waals surface area contributed by atoms with Crippen molar-refractivity contribution in [2.45, 2.75) is 25.8 Å². The number of benzene rings is 1. The molecule has 1 aliphatic rings. The number of carbonyl (C=O) groups is 1. The van der Waals surface area contributed by atoms with E-state index in [9.17, 15) is 4.79 Å². The molecule has 1 fully saturated rings. The Morgan fingerprint density at radius 3 is 2.48 bits per heavy atom. The van der Waals surface area contributed by atoms with Crippen LogP contribution in [0.4, 0.5) is 0 Å². The fourth-order valence-corrected chi connectivity index (χ4v) is 3.97. The van der Waals surface area contributed by atoms with Gasteiger partial charge in [-0.05, 0) is 42.7 Å². The number of halogens is 1. The summed E-state index contributed by atoms with van der Waals surface area (Å²) in [6.45, 7) is 3.70. The number of rotatable bonds is 3. The lowest BCUT2D eigenvalue weighted by atomic mass is 9.91. The van der Waals surface area contributed by atoms with Crippen molar-refractivity contribution in [3.8, 4) is 11.1 Å². The summed E-state index contributed by atoms with van der Waals surface area (Å²) in [6.07, 6.45) is 2.02. The number of nitrogens with zero attached hydrogens (tertiary/aromatic N) is 1. The lowest BCUT2D eigenvalue weighted by molar-refractivity contribution is 0.0686. The molecular formula is C18H23ClN2OS. The predicted molar refractivity (Wildman–Crippen MR) is 99.3 cm³/mol. The van der Waals surface area contributed by atoms with E-state index < -0.39 is 0 Å². The Morgan fingerprint density at radius 2 is 1.87 bits per heavy atom. The molecule has 1 aromatic carbocycles. The van der Waals surface area contributed by atoms with Crippen molar-refractivity contribution in [1.29, 1.82) is 0 Å². The van der Waals surface area contributed by atoms with Gasteiger partial charge < -0.3 is 10.6 Å². The molecule has 1 aliphatic heterocycles. The summed E-state index contributed by atoms with van der Waals surface area (Å²) in [5.74, 6) is 0.706. The lowest BCUT2D eigenvalue weighted by Crippen LogP contribution is -2.42. The third-order valence-electron chi connectivity index (χ3n) is 4.51. The van der Waals surface area contributed by atoms with Gasteiger partial charge in [0.2, 0.25) is 0 Å². The van der Waals surface area contributed by atoms with Gasteiger partial charge in [0.15, 0.2) is 0 Å². The highest BCUT2D eigenvalue weighted by Crippen LogP contribution is 2.30. The van der Waals surface area contributed by atoms with E-state index in [0.717, 1.165) is 41.9 Å². The molecule has 0 bridgehead atoms. The van der Waals surface area contributed by atoms with Crippen LogP contribution in [0.25, 0.3) is 11.1 Å². The zero-order valence-electron chi connectivity index (χ0n) is 13.3. The van der Waals surface area contributed by atoms with Gasteiger partial charge in [0.1, 0.15) is 0 Å². The van der Waals surface area contributed by atoms with Gasteiger partial charge >= 0.3 is 0 Å². The number of piperidine rings is 1. The summed E-state index contributed by atoms with van der Waals surface area (Å²) in [5.41, 5.74) is 8.14. The molecule has 3 rings (SSSR count). The average Bonchev–Trinajstić information content (AvgIpc) is 3.04. The van der Waals surface area contributed by atoms with Crippen LogP contribution in [0.2, 0.25) is 0 Å². The minimum atomic E-state index is 0. The van der Waals surface area contributed by atoms with Crippen molar-refractivity contribution < 1.29 is 4.79 Å². The summed E-state index contributed by atoms with van der Waals surface area (Å²) < 4.78 is 0. The van der Waals surface area contributed by atoms with E-state index in [1.54, 1.807) is 0 Å². The van der Waals surface area contributed by atoms with Gasteiger partial charge in [-0.3, -0.25) is 4.79 Å². The highest BCUT2D eigenvalue weighted by atomic mass is 35.5. The minimum Gasteiger partial charge on any atom is -0.338 e. The number of thiophene rings is 1. The molecule has 2 heterocycles. The van der Waals surface area contributed by atoms with E-state index in [2.05, 4.69) is 19.1 Å². The summed E-state index contributed by atoms with van der Waals surface area (Å²) in [7, 11) is 0. The SMILES string of the molecule is CC(N)C1CCN(C(=O)c2sccc2-c2ccccc2)CC1.Cl. The monoisotopic (exact) mass is 350 g/mol. The van der Waals surface area contributed by atoms with Crippen LogP contribution >= 0.6 is 23.7 Å². The number of hydrogen-bond donors (Lipinski definition) is 1. The van der Waals surface area contributed by atoms with E-state index >= 15 is 0 Å². The van der Waals surface area contributed by atoms with Crippen molar-refractivity contribution in [3.05, 3.63) is 46.7 Å². The molecule has 1 amide bonds. The first-order valence-corrected chi connectivity index (χ1v) is 8.72. The molecule has 5 heteroatoms. The van der Waals surface area contributed by atoms with Gasteiger partial charge in [0.25, 0.3) is 5.91 Å². The van der Waals surface area contributed by atoms with Crippen molar-refractivity contribution in [3.63, 3.8) is 0 Å². The Hall–Kier alpha value is -1.36. The largest absolute Gasteiger partial charge is 0.338 e. The van der Waals surface area contributed by atoms with Crippen LogP contribution in [0, 0.1) is 5.92 Å². The van der Waals surface area contributed by atoms with Gasteiger partial charge in [-0.2, -0.15) is 0 Å². The Morgan fingerprint density at radius 1 is 1.22 bits per heavy atom. The zero-order valence-corrected chi connectivity index (χ0v) is 14.9. The molecule has 1 atom stereocenters. The van der Waals surface area contributed by atoms with Gasteiger partial charge in [0, 0.05) is 24.7 Å². The summed E-state index contributed by atoms with van der Waals surface area (Å²) >= 11 is 1.54. The Balaban J connectivity index is 0.00000192. The number of hydrogen-bond acceptors (Lipinski definition) is 3. The van der Waals surface area contributed by atoms with Crippen LogP contribution in [0.15, 0.2) is 41.8 Å². The molecule has 0 aliphatic carbocycles. The molecule has 0 saturated carbocycles. The molecule has 2 aromatic rings. The molecular weight excluding hydrogens is 328 g/mol. The fraction of sp³-hybridized carbons (Fsp3) is 0.389. The molecule has 3 nitrogen and oxygen atoms in total. The highest BCUT2D eigenvalue weighted by molar-refractivity contribution is 7.12. The molecule has 2 N–H and O–H groups in total. The van der Waals surface area contributed by atoms with E-state index in [0.29, 0.717) is 5.92 Å². The van der Waals surface area contributed by atoms with Crippen LogP contribution in [0.5, 0.6) is 0 Å². The molecule has 0 radical (unpaired) electrons. The van der Waals surface area contributed by atoms with E-state index in [4.69, 9.17) is 5.73 Å². The second kappa shape index (κ2) is 7.95. The van der Waals surface area contributed by atoms with E-state index in [-0.39, 0.29) is 24.4 Å². The first-order valence-electron chi connectivity index (χ1n) is 7.84. The third-order valence-corrected chi connectivity index (χ3v) is 5.42. The standard InChI is InChI=1S/C18H22N2OS.ClH/c1-13(19)14-7-10-20(11-8-14)18(21)17-16(9-12-22-17)15-5-3-2-4-6-15;/h2-6,9,12-14H,7-8,10-11,19H2,1H3;1H. The maximum absolute atomic E-state index is 12.8. The number of amides is 1. The Labute approximate surface area is 147 Å². The normalized spacial score (nSPS) is 16.7. The van der Waals surface area contributed by atoms with Gasteiger partial charge in [-0.15, -0.1) is 23.7 Å². The van der Waals surface area contributed by atoms with Crippen LogP contribution in [0.1, 0.15) is 29.4 Å². The third kappa shape index (κ3) is 3.94. The van der Waals surface area contributed by atoms with Gasteiger partial charge in [-0.1, -0.05) is 30.3 Å². The topological polar surface area (TPSA) is 46.3 Å². The fourth-order valence-electron chi connectivity index (χ4n) is 3.09. The van der Waals surface area contributed by atoms with Crippen molar-refractivity contribution >= 4 is 29.7 Å². The minimum absolute atomic E-state index is 0. The second-order valence-electron chi connectivity index (χ2n) is 6.02. The molecule has 1 saturated heterocycles. The summed E-state index contributed by atoms with van der Waals surface area (Å²) in [5, 5.41) is 2.00. The van der Waals surface area contributed by atoms with E-state index in [1.165, 1.54) is 11.3 Å². The first kappa shape index (κ1) is 18.0. The van der Waals surface area contributed by atoms with Gasteiger partial charge in [0.05, 0.1) is 4.88 Å². The van der Waals surface area contributed by atoms with Crippen LogP contribution in [-0.4, -0.2) is 29.9 Å². The molecule has 1 aromatic heterocycles. The predicted octanol–water partition coefficient (Wildman–Crippen LogP) is 4.04. The van der Waals surface area contributed by atoms with Crippen LogP contribution in [-0.2, 0) is 0 Å². The van der Waals surface area contributed by atoms with E-state index in [1.807, 2.05) is 34.5 Å². The maximum Gasteiger partial charge on any atom is 0.264 e. The maximum atomic E-state index is 12.8. The summed E-state index contributed by atoms with van der Waals surface area (Å²) in [6, 6.07) is 12.4. The second-order valence-corrected chi connectivity index (χ2v) is 6.93. The molecule has 1 unspecified atom stereocenters. The van der Waals surface area contributed by atoms with Crippen molar-refractivity contribution in [1.82, 2.24) is 4.90 Å². The number of carbonyl (C=O) groups excluding carboxylic acids is 1. The Kier molecular flexibility index (Phi) is 6.22. The lowest BCUT2D eigenvalue weighted by Gasteiger charge is -2.33. The van der Waals surface area contributed by atoms with Crippen LogP contribution < -0.4 is 5.73 Å². The number of nitrogens with two attached hydrogens (primary N) is 1. The summed E-state index contributed by atoms with van der Waals surface area (Å²) in [4.78, 5) is 15.7. The zero-order chi connectivity index (χ0) is 15.5. The smallest absolute Gasteiger partial charge is 0.264 e. The first-order chi connectivity index (χ1) is 10.7. The van der Waals surface area contributed by atoms with Crippen molar-refractivity contribution in [2.24, 2.45) is 11.7 Å². The van der Waals surface area contributed by atoms with Crippen LogP contribution in [0.3, 0.4) is 0 Å². The Bertz CT molecular complexity index is 633. The molecule has 124 valence electrons. The average molecular weight is 351 g/mol. The highest BCUT2D eigenvalue weighted by Gasteiger charge is 2.27. The quantitative estimate of drug-likeness (QED) is 0.908. The number of likely N-dealkylation sites (tertiary alicyclic amines) is 1. The van der Waals surface area contributed by atoms with Gasteiger partial charge in [-0.25, -0.2) is 0 Å². The molecule has 0 spiro atoms. The van der Waals surface area contributed by atoms with Crippen molar-refractivity contribution in [2.75, 3.05) is 13.1 Å². The molecule has 23 heavy (non-hydrogen) atoms.